The van der Waals surface area contributed by atoms with Crippen molar-refractivity contribution in [2.45, 2.75) is 26.3 Å². The summed E-state index contributed by atoms with van der Waals surface area (Å²) in [6.07, 6.45) is 1.47. The van der Waals surface area contributed by atoms with Crippen molar-refractivity contribution in [3.8, 4) is 5.75 Å². The van der Waals surface area contributed by atoms with Crippen LogP contribution in [0.5, 0.6) is 5.75 Å². The molecule has 2 rings (SSSR count). The van der Waals surface area contributed by atoms with E-state index < -0.39 is 34.1 Å². The molecule has 1 atom stereocenters. The SMILES string of the molecule is COc1ccc(C(CC(C)C)NC(=O)CN(c2ccc(F)cc2F)S(C)(=O)=O)cc1. The van der Waals surface area contributed by atoms with Gasteiger partial charge in [-0.25, -0.2) is 17.2 Å². The number of hydrogen-bond donors (Lipinski definition) is 1. The first-order valence-electron chi connectivity index (χ1n) is 9.37. The summed E-state index contributed by atoms with van der Waals surface area (Å²) < 4.78 is 57.5. The minimum atomic E-state index is -3.99. The van der Waals surface area contributed by atoms with E-state index in [2.05, 4.69) is 5.32 Å². The minimum Gasteiger partial charge on any atom is -0.497 e. The third kappa shape index (κ3) is 6.41. The van der Waals surface area contributed by atoms with Crippen molar-refractivity contribution < 1.29 is 26.7 Å². The van der Waals surface area contributed by atoms with Crippen molar-refractivity contribution in [2.24, 2.45) is 5.92 Å². The summed E-state index contributed by atoms with van der Waals surface area (Å²) in [5, 5.41) is 2.82. The van der Waals surface area contributed by atoms with E-state index in [-0.39, 0.29) is 17.6 Å². The van der Waals surface area contributed by atoms with E-state index in [0.717, 1.165) is 24.0 Å². The Kier molecular flexibility index (Phi) is 7.77. The lowest BCUT2D eigenvalue weighted by atomic mass is 9.97. The van der Waals surface area contributed by atoms with E-state index in [0.29, 0.717) is 22.5 Å². The zero-order valence-electron chi connectivity index (χ0n) is 17.4. The fraction of sp³-hybridized carbons (Fsp3) is 0.381. The van der Waals surface area contributed by atoms with Gasteiger partial charge in [-0.05, 0) is 42.2 Å². The van der Waals surface area contributed by atoms with Crippen LogP contribution < -0.4 is 14.4 Å². The summed E-state index contributed by atoms with van der Waals surface area (Å²) >= 11 is 0. The Bertz CT molecular complexity index is 979. The smallest absolute Gasteiger partial charge is 0.241 e. The Labute approximate surface area is 175 Å². The van der Waals surface area contributed by atoms with Gasteiger partial charge in [-0.1, -0.05) is 26.0 Å². The first-order valence-corrected chi connectivity index (χ1v) is 11.2. The molecule has 0 spiro atoms. The maximum atomic E-state index is 14.2. The van der Waals surface area contributed by atoms with Crippen LogP contribution in [-0.2, 0) is 14.8 Å². The number of carbonyl (C=O) groups is 1. The summed E-state index contributed by atoms with van der Waals surface area (Å²) in [7, 11) is -2.44. The standard InChI is InChI=1S/C21H26F2N2O4S/c1-14(2)11-19(15-5-8-17(29-3)9-6-15)24-21(26)13-25(30(4,27)28)20-10-7-16(22)12-18(20)23/h5-10,12,14,19H,11,13H2,1-4H3,(H,24,26). The summed E-state index contributed by atoms with van der Waals surface area (Å²) in [6, 6.07) is 9.31. The second-order valence-electron chi connectivity index (χ2n) is 7.39. The molecule has 0 aromatic heterocycles. The number of rotatable bonds is 9. The Hall–Kier alpha value is -2.68. The number of nitrogens with zero attached hydrogens (tertiary/aromatic N) is 1. The van der Waals surface area contributed by atoms with Crippen LogP contribution in [0.2, 0.25) is 0 Å². The number of benzene rings is 2. The topological polar surface area (TPSA) is 75.7 Å². The second kappa shape index (κ2) is 9.88. The van der Waals surface area contributed by atoms with E-state index in [9.17, 15) is 22.0 Å². The van der Waals surface area contributed by atoms with Gasteiger partial charge in [0.1, 0.15) is 23.9 Å². The molecule has 2 aromatic carbocycles. The van der Waals surface area contributed by atoms with Gasteiger partial charge in [0.15, 0.2) is 0 Å². The summed E-state index contributed by atoms with van der Waals surface area (Å²) in [4.78, 5) is 12.7. The number of hydrogen-bond acceptors (Lipinski definition) is 4. The molecule has 30 heavy (non-hydrogen) atoms. The molecular weight excluding hydrogens is 414 g/mol. The second-order valence-corrected chi connectivity index (χ2v) is 9.29. The number of carbonyl (C=O) groups excluding carboxylic acids is 1. The highest BCUT2D eigenvalue weighted by molar-refractivity contribution is 7.92. The number of halogens is 2. The molecule has 0 radical (unpaired) electrons. The van der Waals surface area contributed by atoms with Crippen LogP contribution in [0.1, 0.15) is 31.9 Å². The van der Waals surface area contributed by atoms with Gasteiger partial charge >= 0.3 is 0 Å². The normalized spacial score (nSPS) is 12.5. The molecule has 9 heteroatoms. The van der Waals surface area contributed by atoms with E-state index >= 15 is 0 Å². The largest absolute Gasteiger partial charge is 0.497 e. The predicted molar refractivity (Wildman–Crippen MR) is 112 cm³/mol. The lowest BCUT2D eigenvalue weighted by Crippen LogP contribution is -2.42. The third-order valence-corrected chi connectivity index (χ3v) is 5.55. The van der Waals surface area contributed by atoms with Crippen molar-refractivity contribution in [3.63, 3.8) is 0 Å². The summed E-state index contributed by atoms with van der Waals surface area (Å²) in [5.41, 5.74) is 0.440. The van der Waals surface area contributed by atoms with Crippen molar-refractivity contribution in [1.29, 1.82) is 0 Å². The van der Waals surface area contributed by atoms with Gasteiger partial charge < -0.3 is 10.1 Å². The van der Waals surface area contributed by atoms with E-state index in [1.807, 2.05) is 26.0 Å². The molecule has 1 amide bonds. The van der Waals surface area contributed by atoms with Crippen molar-refractivity contribution in [2.75, 3.05) is 24.2 Å². The highest BCUT2D eigenvalue weighted by Crippen LogP contribution is 2.25. The average Bonchev–Trinajstić information content (AvgIpc) is 2.65. The lowest BCUT2D eigenvalue weighted by Gasteiger charge is -2.25. The first kappa shape index (κ1) is 23.6. The summed E-state index contributed by atoms with van der Waals surface area (Å²) in [5.74, 6) is -1.60. The number of nitrogens with one attached hydrogen (secondary N) is 1. The van der Waals surface area contributed by atoms with Gasteiger partial charge in [-0.3, -0.25) is 9.10 Å². The third-order valence-electron chi connectivity index (χ3n) is 4.43. The van der Waals surface area contributed by atoms with Crippen LogP contribution in [0, 0.1) is 17.6 Å². The van der Waals surface area contributed by atoms with Crippen molar-refractivity contribution >= 4 is 21.6 Å². The molecule has 6 nitrogen and oxygen atoms in total. The maximum Gasteiger partial charge on any atom is 0.241 e. The zero-order valence-corrected chi connectivity index (χ0v) is 18.2. The first-order chi connectivity index (χ1) is 14.0. The van der Waals surface area contributed by atoms with Gasteiger partial charge in [0, 0.05) is 6.07 Å². The quantitative estimate of drug-likeness (QED) is 0.646. The van der Waals surface area contributed by atoms with Gasteiger partial charge in [0.2, 0.25) is 15.9 Å². The summed E-state index contributed by atoms with van der Waals surface area (Å²) in [6.45, 7) is 3.37. The minimum absolute atomic E-state index is 0.248. The van der Waals surface area contributed by atoms with Gasteiger partial charge in [-0.15, -0.1) is 0 Å². The molecule has 0 saturated heterocycles. The Morgan fingerprint density at radius 1 is 1.13 bits per heavy atom. The number of sulfonamides is 1. The van der Waals surface area contributed by atoms with Gasteiger partial charge in [0.25, 0.3) is 0 Å². The fourth-order valence-electron chi connectivity index (χ4n) is 3.02. The molecule has 0 aliphatic carbocycles. The van der Waals surface area contributed by atoms with Crippen molar-refractivity contribution in [1.82, 2.24) is 5.32 Å². The number of amides is 1. The molecule has 1 N–H and O–H groups in total. The molecular formula is C21H26F2N2O4S. The average molecular weight is 441 g/mol. The van der Waals surface area contributed by atoms with Crippen LogP contribution >= 0.6 is 0 Å². The van der Waals surface area contributed by atoms with E-state index in [1.165, 1.54) is 0 Å². The Morgan fingerprint density at radius 3 is 2.27 bits per heavy atom. The number of anilines is 1. The predicted octanol–water partition coefficient (Wildman–Crippen LogP) is 3.64. The van der Waals surface area contributed by atoms with Crippen LogP contribution in [0.3, 0.4) is 0 Å². The molecule has 0 aliphatic heterocycles. The Balaban J connectivity index is 2.25. The van der Waals surface area contributed by atoms with Crippen LogP contribution in [-0.4, -0.2) is 34.2 Å². The Morgan fingerprint density at radius 2 is 1.77 bits per heavy atom. The van der Waals surface area contributed by atoms with E-state index in [1.54, 1.807) is 19.2 Å². The van der Waals surface area contributed by atoms with Crippen LogP contribution in [0.25, 0.3) is 0 Å². The molecule has 164 valence electrons. The highest BCUT2D eigenvalue weighted by atomic mass is 32.2. The van der Waals surface area contributed by atoms with Gasteiger partial charge in [0.05, 0.1) is 25.1 Å². The molecule has 1 unspecified atom stereocenters. The van der Waals surface area contributed by atoms with Crippen molar-refractivity contribution in [3.05, 3.63) is 59.7 Å². The van der Waals surface area contributed by atoms with E-state index in [4.69, 9.17) is 4.74 Å². The number of methoxy groups -OCH3 is 1. The van der Waals surface area contributed by atoms with Crippen LogP contribution in [0.15, 0.2) is 42.5 Å². The molecule has 2 aromatic rings. The molecule has 0 bridgehead atoms. The molecule has 0 heterocycles. The zero-order chi connectivity index (χ0) is 22.5. The fourth-order valence-corrected chi connectivity index (χ4v) is 3.88. The molecule has 0 aliphatic rings. The lowest BCUT2D eigenvalue weighted by molar-refractivity contribution is -0.120. The highest BCUT2D eigenvalue weighted by Gasteiger charge is 2.25. The van der Waals surface area contributed by atoms with Crippen LogP contribution in [0.4, 0.5) is 14.5 Å². The monoisotopic (exact) mass is 440 g/mol. The molecule has 0 fully saturated rings. The molecule has 0 saturated carbocycles. The van der Waals surface area contributed by atoms with Gasteiger partial charge in [-0.2, -0.15) is 0 Å². The number of ether oxygens (including phenoxy) is 1. The maximum absolute atomic E-state index is 14.2.